The van der Waals surface area contributed by atoms with Crippen molar-refractivity contribution in [2.45, 2.75) is 65.4 Å². The minimum absolute atomic E-state index is 0.179. The van der Waals surface area contributed by atoms with Crippen LogP contribution in [0.3, 0.4) is 0 Å². The summed E-state index contributed by atoms with van der Waals surface area (Å²) in [5.74, 6) is 0.556. The van der Waals surface area contributed by atoms with Gasteiger partial charge in [0.25, 0.3) is 0 Å². The van der Waals surface area contributed by atoms with Crippen LogP contribution in [0.4, 0.5) is 10.5 Å². The predicted octanol–water partition coefficient (Wildman–Crippen LogP) is 8.89. The van der Waals surface area contributed by atoms with Crippen LogP contribution in [0.5, 0.6) is 11.5 Å². The lowest BCUT2D eigenvalue weighted by Gasteiger charge is -2.54. The van der Waals surface area contributed by atoms with Crippen LogP contribution in [0.2, 0.25) is 5.02 Å². The minimum atomic E-state index is -0.465. The number of carbonyl (C=O) groups is 2. The molecule has 1 atom stereocenters. The molecule has 3 aliphatic heterocycles. The molecule has 308 valence electrons. The van der Waals surface area contributed by atoms with Crippen LogP contribution in [0.1, 0.15) is 75.7 Å². The number of esters is 1. The first-order valence-electron chi connectivity index (χ1n) is 20.7. The first-order valence-corrected chi connectivity index (χ1v) is 21.1. The van der Waals surface area contributed by atoms with E-state index in [0.717, 1.165) is 119 Å². The van der Waals surface area contributed by atoms with E-state index in [9.17, 15) is 9.59 Å². The number of aromatic amines is 1. The number of aromatic nitrogens is 2. The lowest BCUT2D eigenvalue weighted by molar-refractivity contribution is -0.0628. The van der Waals surface area contributed by atoms with Gasteiger partial charge in [-0.15, -0.1) is 0 Å². The zero-order valence-electron chi connectivity index (χ0n) is 34.6. The summed E-state index contributed by atoms with van der Waals surface area (Å²) in [6, 6.07) is 18.0. The molecule has 4 aromatic rings. The predicted molar refractivity (Wildman–Crippen MR) is 229 cm³/mol. The lowest BCUT2D eigenvalue weighted by Crippen LogP contribution is -2.62. The van der Waals surface area contributed by atoms with Gasteiger partial charge >= 0.3 is 12.1 Å². The molecular weight excluding hydrogens is 752 g/mol. The molecule has 1 unspecified atom stereocenters. The number of methoxy groups -OCH3 is 1. The van der Waals surface area contributed by atoms with Gasteiger partial charge in [0, 0.05) is 86.1 Å². The Kier molecular flexibility index (Phi) is 11.2. The molecule has 0 saturated carbocycles. The fourth-order valence-electron chi connectivity index (χ4n) is 9.47. The van der Waals surface area contributed by atoms with Gasteiger partial charge in [-0.3, -0.25) is 4.90 Å². The van der Waals surface area contributed by atoms with Crippen molar-refractivity contribution >= 4 is 46.0 Å². The summed E-state index contributed by atoms with van der Waals surface area (Å²) < 4.78 is 17.0. The molecule has 1 aliphatic carbocycles. The number of hydrogen-bond donors (Lipinski definition) is 1. The first kappa shape index (κ1) is 40.2. The number of piperazine rings is 1. The van der Waals surface area contributed by atoms with Crippen molar-refractivity contribution in [3.8, 4) is 11.5 Å². The van der Waals surface area contributed by atoms with E-state index in [1.165, 1.54) is 23.8 Å². The smallest absolute Gasteiger partial charge is 0.410 e. The van der Waals surface area contributed by atoms with Crippen LogP contribution >= 0.6 is 11.6 Å². The third-order valence-electron chi connectivity index (χ3n) is 12.6. The normalized spacial score (nSPS) is 21.6. The summed E-state index contributed by atoms with van der Waals surface area (Å²) in [5.41, 5.74) is 6.40. The summed E-state index contributed by atoms with van der Waals surface area (Å²) in [6.45, 7) is 17.6. The number of H-pyrrole nitrogens is 1. The van der Waals surface area contributed by atoms with Gasteiger partial charge in [-0.1, -0.05) is 36.2 Å². The number of benzene rings is 2. The number of nitrogens with one attached hydrogen (secondary N) is 1. The van der Waals surface area contributed by atoms with Gasteiger partial charge in [0.15, 0.2) is 0 Å². The van der Waals surface area contributed by atoms with Crippen LogP contribution in [0, 0.1) is 10.8 Å². The Balaban J connectivity index is 0.916. The fourth-order valence-corrected chi connectivity index (χ4v) is 9.59. The van der Waals surface area contributed by atoms with Crippen molar-refractivity contribution in [1.82, 2.24) is 24.7 Å². The maximum atomic E-state index is 12.8. The van der Waals surface area contributed by atoms with E-state index in [1.54, 1.807) is 12.3 Å². The maximum Gasteiger partial charge on any atom is 0.410 e. The molecule has 5 heterocycles. The summed E-state index contributed by atoms with van der Waals surface area (Å²) in [7, 11) is 1.39. The number of anilines is 1. The third-order valence-corrected chi connectivity index (χ3v) is 12.8. The summed E-state index contributed by atoms with van der Waals surface area (Å²) in [5, 5.41) is 1.69. The topological polar surface area (TPSA) is 103 Å². The zero-order valence-corrected chi connectivity index (χ0v) is 35.4. The standard InChI is InChI=1S/C46H57ClN6O5/c1-44(2,3)58-43(55)53-30-46(31-53)15-18-51(19-16-46)29-45(4)14-12-38(32-6-8-35(47)9-7-32)34(26-45)28-50-20-22-52(23-21-50)36-10-11-39(42(54)56-5)40(25-36)57-37-24-33-13-17-48-41(33)49-27-37/h6-11,13,17,24-25,27H,12,14-16,18-23,26,28-31H2,1-5H3,(H,48,49). The highest BCUT2D eigenvalue weighted by molar-refractivity contribution is 6.30. The van der Waals surface area contributed by atoms with Crippen molar-refractivity contribution in [3.63, 3.8) is 0 Å². The summed E-state index contributed by atoms with van der Waals surface area (Å²) in [6.07, 6.45) is 8.85. The number of likely N-dealkylation sites (tertiary alicyclic amines) is 2. The minimum Gasteiger partial charge on any atom is -0.465 e. The van der Waals surface area contributed by atoms with Gasteiger partial charge in [0.2, 0.25) is 0 Å². The van der Waals surface area contributed by atoms with Crippen LogP contribution in [0.15, 0.2) is 72.6 Å². The van der Waals surface area contributed by atoms with E-state index in [2.05, 4.69) is 43.7 Å². The Morgan fingerprint density at radius 3 is 2.36 bits per heavy atom. The molecule has 3 fully saturated rings. The third kappa shape index (κ3) is 9.01. The van der Waals surface area contributed by atoms with Gasteiger partial charge < -0.3 is 33.9 Å². The van der Waals surface area contributed by atoms with E-state index in [0.29, 0.717) is 17.1 Å². The second-order valence-corrected chi connectivity index (χ2v) is 18.7. The van der Waals surface area contributed by atoms with Crippen molar-refractivity contribution in [3.05, 3.63) is 88.7 Å². The molecule has 3 saturated heterocycles. The van der Waals surface area contributed by atoms with Gasteiger partial charge in [-0.05, 0) is 119 Å². The average molecular weight is 809 g/mol. The van der Waals surface area contributed by atoms with Crippen LogP contribution in [0.25, 0.3) is 16.6 Å². The lowest BCUT2D eigenvalue weighted by atomic mass is 9.69. The van der Waals surface area contributed by atoms with Gasteiger partial charge in [-0.2, -0.15) is 0 Å². The quantitative estimate of drug-likeness (QED) is 0.166. The van der Waals surface area contributed by atoms with E-state index in [1.807, 2.05) is 68.3 Å². The Bertz CT molecular complexity index is 2150. The van der Waals surface area contributed by atoms with Crippen molar-refractivity contribution < 1.29 is 23.8 Å². The van der Waals surface area contributed by atoms with Crippen LogP contribution in [-0.2, 0) is 9.47 Å². The number of amides is 1. The molecule has 58 heavy (non-hydrogen) atoms. The second-order valence-electron chi connectivity index (χ2n) is 18.3. The highest BCUT2D eigenvalue weighted by Gasteiger charge is 2.48. The number of pyridine rings is 1. The SMILES string of the molecule is COC(=O)c1ccc(N2CCN(CC3=C(c4ccc(Cl)cc4)CCC(C)(CN4CCC5(CC4)CN(C(=O)OC(C)(C)C)C5)C3)CC2)cc1Oc1cnc2[nH]ccc2c1. The molecule has 4 aliphatic rings. The average Bonchev–Trinajstić information content (AvgIpc) is 3.65. The molecule has 1 spiro atoms. The Morgan fingerprint density at radius 2 is 1.66 bits per heavy atom. The molecule has 0 bridgehead atoms. The van der Waals surface area contributed by atoms with E-state index < -0.39 is 11.6 Å². The van der Waals surface area contributed by atoms with Crippen LogP contribution < -0.4 is 9.64 Å². The fraction of sp³-hybridized carbons (Fsp3) is 0.500. The van der Waals surface area contributed by atoms with E-state index >= 15 is 0 Å². The Labute approximate surface area is 347 Å². The molecule has 2 aromatic heterocycles. The molecule has 8 rings (SSSR count). The number of allylic oxidation sites excluding steroid dienone is 1. The number of carbonyl (C=O) groups excluding carboxylic acids is 2. The van der Waals surface area contributed by atoms with Crippen molar-refractivity contribution in [2.75, 3.05) is 77.5 Å². The maximum absolute atomic E-state index is 12.8. The molecular formula is C46H57ClN6O5. The van der Waals surface area contributed by atoms with Gasteiger partial charge in [0.1, 0.15) is 28.3 Å². The number of hydrogen-bond acceptors (Lipinski definition) is 9. The second kappa shape index (κ2) is 16.2. The van der Waals surface area contributed by atoms with Crippen molar-refractivity contribution in [1.29, 1.82) is 0 Å². The number of halogens is 1. The van der Waals surface area contributed by atoms with Gasteiger partial charge in [-0.25, -0.2) is 14.6 Å². The Hall–Kier alpha value is -4.58. The molecule has 12 heteroatoms. The number of piperidine rings is 1. The van der Waals surface area contributed by atoms with Crippen LogP contribution in [-0.4, -0.2) is 115 Å². The number of rotatable bonds is 9. The largest absolute Gasteiger partial charge is 0.465 e. The summed E-state index contributed by atoms with van der Waals surface area (Å²) >= 11 is 6.35. The number of fused-ring (bicyclic) bond motifs is 1. The zero-order chi connectivity index (χ0) is 40.7. The first-order chi connectivity index (χ1) is 27.8. The van der Waals surface area contributed by atoms with Gasteiger partial charge in [0.05, 0.1) is 13.3 Å². The highest BCUT2D eigenvalue weighted by atomic mass is 35.5. The van der Waals surface area contributed by atoms with E-state index in [-0.39, 0.29) is 16.9 Å². The molecule has 2 aromatic carbocycles. The summed E-state index contributed by atoms with van der Waals surface area (Å²) in [4.78, 5) is 42.5. The molecule has 1 N–H and O–H groups in total. The molecule has 11 nitrogen and oxygen atoms in total. The number of ether oxygens (including phenoxy) is 3. The molecule has 0 radical (unpaired) electrons. The number of nitrogens with zero attached hydrogens (tertiary/aromatic N) is 5. The van der Waals surface area contributed by atoms with E-state index in [4.69, 9.17) is 25.8 Å². The monoisotopic (exact) mass is 808 g/mol. The highest BCUT2D eigenvalue weighted by Crippen LogP contribution is 2.46. The Morgan fingerprint density at radius 1 is 0.914 bits per heavy atom. The van der Waals surface area contributed by atoms with Crippen molar-refractivity contribution in [2.24, 2.45) is 10.8 Å². The molecule has 1 amide bonds.